The molecule has 0 aliphatic carbocycles. The second-order valence-corrected chi connectivity index (χ2v) is 7.06. The fraction of sp³-hybridized carbons (Fsp3) is 0.211. The highest BCUT2D eigenvalue weighted by atomic mass is 32.1. The molecular formula is C19H19N5O2S2. The standard InChI is InChI=1S/C9H7N3S.C9H8N2O2S.CH4/c13-9-11-7-3-5-1-2-10-6(5)4-8(7)12-9;14-9-10-5-3-7-8(4-6(5)11-9)13-2-1-12-7;/h2-4H,1H2,(H2,11,12,13);3-4H,1-2H2,(H2,10,11,14);1H4. The van der Waals surface area contributed by atoms with Crippen LogP contribution in [-0.4, -0.2) is 39.4 Å². The summed E-state index contributed by atoms with van der Waals surface area (Å²) in [6.07, 6.45) is 2.86. The van der Waals surface area contributed by atoms with Crippen LogP contribution in [0.1, 0.15) is 13.0 Å². The molecule has 4 N–H and O–H groups in total. The molecule has 28 heavy (non-hydrogen) atoms. The zero-order valence-corrected chi connectivity index (χ0v) is 15.7. The van der Waals surface area contributed by atoms with Gasteiger partial charge in [0.05, 0.1) is 27.8 Å². The van der Waals surface area contributed by atoms with E-state index in [-0.39, 0.29) is 7.43 Å². The summed E-state index contributed by atoms with van der Waals surface area (Å²) in [6, 6.07) is 7.93. The first-order valence-corrected chi connectivity index (χ1v) is 9.26. The first kappa shape index (κ1) is 18.5. The van der Waals surface area contributed by atoms with Crippen LogP contribution < -0.4 is 9.47 Å². The number of hydrogen-bond donors (Lipinski definition) is 4. The molecule has 144 valence electrons. The lowest BCUT2D eigenvalue weighted by Crippen LogP contribution is -2.15. The van der Waals surface area contributed by atoms with Gasteiger partial charge >= 0.3 is 0 Å². The molecule has 0 unspecified atom stereocenters. The average molecular weight is 414 g/mol. The van der Waals surface area contributed by atoms with Gasteiger partial charge in [-0.05, 0) is 42.1 Å². The highest BCUT2D eigenvalue weighted by molar-refractivity contribution is 7.71. The molecule has 9 heteroatoms. The van der Waals surface area contributed by atoms with Crippen molar-refractivity contribution in [3.63, 3.8) is 0 Å². The van der Waals surface area contributed by atoms with Crippen LogP contribution in [0, 0.1) is 9.54 Å². The summed E-state index contributed by atoms with van der Waals surface area (Å²) in [5.74, 6) is 1.54. The largest absolute Gasteiger partial charge is 0.486 e. The minimum atomic E-state index is 0. The number of nitrogens with one attached hydrogen (secondary N) is 4. The Balaban J connectivity index is 0.000000133. The van der Waals surface area contributed by atoms with Gasteiger partial charge in [-0.1, -0.05) is 7.43 Å². The van der Waals surface area contributed by atoms with Crippen molar-refractivity contribution in [3.8, 4) is 11.5 Å². The number of aromatic amines is 4. The summed E-state index contributed by atoms with van der Waals surface area (Å²) in [6.45, 7) is 1.20. The van der Waals surface area contributed by atoms with Crippen molar-refractivity contribution >= 4 is 58.4 Å². The smallest absolute Gasteiger partial charge is 0.175 e. The van der Waals surface area contributed by atoms with Gasteiger partial charge in [-0.3, -0.25) is 4.99 Å². The number of benzene rings is 2. The van der Waals surface area contributed by atoms with E-state index in [4.69, 9.17) is 33.9 Å². The molecule has 2 aliphatic rings. The maximum Gasteiger partial charge on any atom is 0.175 e. The molecule has 0 amide bonds. The number of hydrogen-bond acceptors (Lipinski definition) is 5. The van der Waals surface area contributed by atoms with E-state index in [1.54, 1.807) is 0 Å². The first-order chi connectivity index (χ1) is 13.2. The van der Waals surface area contributed by atoms with Gasteiger partial charge in [0.15, 0.2) is 21.0 Å². The van der Waals surface area contributed by atoms with Crippen molar-refractivity contribution < 1.29 is 9.47 Å². The Labute approximate surface area is 170 Å². The summed E-state index contributed by atoms with van der Waals surface area (Å²) < 4.78 is 12.2. The Morgan fingerprint density at radius 2 is 1.25 bits per heavy atom. The maximum atomic E-state index is 5.45. The monoisotopic (exact) mass is 413 g/mol. The second-order valence-electron chi connectivity index (χ2n) is 6.24. The normalized spacial score (nSPS) is 13.7. The van der Waals surface area contributed by atoms with Crippen LogP contribution >= 0.6 is 24.4 Å². The van der Waals surface area contributed by atoms with Crippen LogP contribution in [0.25, 0.3) is 22.1 Å². The molecule has 0 saturated heterocycles. The van der Waals surface area contributed by atoms with Gasteiger partial charge in [0.25, 0.3) is 0 Å². The van der Waals surface area contributed by atoms with Gasteiger partial charge in [0.2, 0.25) is 0 Å². The SMILES string of the molecule is C.S=c1[nH]c2cc3c(cc2[nH]1)N=CC3.S=c1[nH]c2cc3c(cc2[nH]1)OCCO3. The van der Waals surface area contributed by atoms with Crippen LogP contribution in [0.2, 0.25) is 0 Å². The average Bonchev–Trinajstić information content (AvgIpc) is 3.33. The number of nitrogens with zero attached hydrogens (tertiary/aromatic N) is 1. The lowest BCUT2D eigenvalue weighted by atomic mass is 10.1. The number of aliphatic imine (C=N–C) groups is 1. The van der Waals surface area contributed by atoms with Gasteiger partial charge in [0.1, 0.15) is 13.2 Å². The van der Waals surface area contributed by atoms with E-state index in [1.165, 1.54) is 5.56 Å². The van der Waals surface area contributed by atoms with Crippen molar-refractivity contribution in [1.82, 2.24) is 19.9 Å². The maximum absolute atomic E-state index is 5.45. The molecule has 0 radical (unpaired) electrons. The van der Waals surface area contributed by atoms with E-state index in [0.717, 1.165) is 45.7 Å². The Hall–Kier alpha value is -2.91. The van der Waals surface area contributed by atoms with Crippen LogP contribution in [0.3, 0.4) is 0 Å². The number of ether oxygens (including phenoxy) is 2. The number of H-pyrrole nitrogens is 4. The molecule has 0 fully saturated rings. The minimum absolute atomic E-state index is 0. The molecule has 4 aromatic rings. The van der Waals surface area contributed by atoms with Crippen molar-refractivity contribution in [2.75, 3.05) is 13.2 Å². The fourth-order valence-electron chi connectivity index (χ4n) is 3.21. The second kappa shape index (κ2) is 7.25. The van der Waals surface area contributed by atoms with Gasteiger partial charge < -0.3 is 29.4 Å². The molecule has 2 aromatic heterocycles. The lowest BCUT2D eigenvalue weighted by molar-refractivity contribution is 0.172. The Bertz CT molecular complexity index is 1270. The molecule has 0 bridgehead atoms. The third-order valence-corrected chi connectivity index (χ3v) is 4.84. The number of aromatic nitrogens is 4. The van der Waals surface area contributed by atoms with Gasteiger partial charge in [-0.2, -0.15) is 0 Å². The van der Waals surface area contributed by atoms with E-state index in [1.807, 2.05) is 24.4 Å². The predicted molar refractivity (Wildman–Crippen MR) is 117 cm³/mol. The molecule has 6 rings (SSSR count). The van der Waals surface area contributed by atoms with Crippen LogP contribution in [0.4, 0.5) is 5.69 Å². The molecule has 2 aromatic carbocycles. The summed E-state index contributed by atoms with van der Waals surface area (Å²) in [5, 5.41) is 0. The van der Waals surface area contributed by atoms with Crippen molar-refractivity contribution in [3.05, 3.63) is 39.4 Å². The minimum Gasteiger partial charge on any atom is -0.486 e. The Morgan fingerprint density at radius 1 is 0.750 bits per heavy atom. The molecule has 0 atom stereocenters. The van der Waals surface area contributed by atoms with E-state index >= 15 is 0 Å². The summed E-state index contributed by atoms with van der Waals surface area (Å²) in [5.41, 5.74) is 6.30. The van der Waals surface area contributed by atoms with E-state index in [2.05, 4.69) is 31.0 Å². The van der Waals surface area contributed by atoms with E-state index in [9.17, 15) is 0 Å². The zero-order chi connectivity index (χ0) is 18.4. The molecule has 2 aliphatic heterocycles. The number of rotatable bonds is 0. The van der Waals surface area contributed by atoms with Crippen molar-refractivity contribution in [2.24, 2.45) is 4.99 Å². The fourth-order valence-corrected chi connectivity index (χ4v) is 3.65. The van der Waals surface area contributed by atoms with Gasteiger partial charge in [0, 0.05) is 24.8 Å². The Morgan fingerprint density at radius 3 is 1.82 bits per heavy atom. The van der Waals surface area contributed by atoms with E-state index < -0.39 is 0 Å². The van der Waals surface area contributed by atoms with Crippen molar-refractivity contribution in [1.29, 1.82) is 0 Å². The highest BCUT2D eigenvalue weighted by Gasteiger charge is 2.13. The molecule has 7 nitrogen and oxygen atoms in total. The first-order valence-electron chi connectivity index (χ1n) is 8.45. The van der Waals surface area contributed by atoms with Gasteiger partial charge in [-0.15, -0.1) is 0 Å². The molecule has 0 spiro atoms. The summed E-state index contributed by atoms with van der Waals surface area (Å²) in [4.78, 5) is 16.5. The van der Waals surface area contributed by atoms with E-state index in [0.29, 0.717) is 22.8 Å². The lowest BCUT2D eigenvalue weighted by Gasteiger charge is -2.17. The summed E-state index contributed by atoms with van der Waals surface area (Å²) >= 11 is 10.00. The van der Waals surface area contributed by atoms with Crippen LogP contribution in [0.15, 0.2) is 29.3 Å². The summed E-state index contributed by atoms with van der Waals surface area (Å²) in [7, 11) is 0. The zero-order valence-electron chi connectivity index (χ0n) is 14.1. The number of imidazole rings is 2. The quantitative estimate of drug-likeness (QED) is 0.301. The highest BCUT2D eigenvalue weighted by Crippen LogP contribution is 2.33. The number of fused-ring (bicyclic) bond motifs is 4. The van der Waals surface area contributed by atoms with Crippen molar-refractivity contribution in [2.45, 2.75) is 13.8 Å². The molecular weight excluding hydrogens is 394 g/mol. The molecule has 0 saturated carbocycles. The molecule has 4 heterocycles. The third kappa shape index (κ3) is 3.34. The topological polar surface area (TPSA) is 94.0 Å². The Kier molecular flexibility index (Phi) is 4.78. The third-order valence-electron chi connectivity index (χ3n) is 4.44. The predicted octanol–water partition coefficient (Wildman–Crippen LogP) is 5.12. The van der Waals surface area contributed by atoms with Crippen LogP contribution in [0.5, 0.6) is 11.5 Å². The van der Waals surface area contributed by atoms with Gasteiger partial charge in [-0.25, -0.2) is 0 Å². The van der Waals surface area contributed by atoms with Crippen LogP contribution in [-0.2, 0) is 6.42 Å².